The van der Waals surface area contributed by atoms with E-state index < -0.39 is 5.91 Å². The predicted molar refractivity (Wildman–Crippen MR) is 91.3 cm³/mol. The molecule has 22 heavy (non-hydrogen) atoms. The molecule has 3 N–H and O–H groups in total. The fourth-order valence-corrected chi connectivity index (χ4v) is 4.45. The van der Waals surface area contributed by atoms with Gasteiger partial charge in [0.05, 0.1) is 5.56 Å². The summed E-state index contributed by atoms with van der Waals surface area (Å²) in [7, 11) is 0. The average molecular weight is 322 g/mol. The molecule has 0 radical (unpaired) electrons. The first kappa shape index (κ1) is 17.0. The molecule has 4 nitrogen and oxygen atoms in total. The number of nitrogens with one attached hydrogen (secondary N) is 1. The van der Waals surface area contributed by atoms with E-state index in [0.717, 1.165) is 31.2 Å². The Morgan fingerprint density at radius 1 is 1.36 bits per heavy atom. The third kappa shape index (κ3) is 3.19. The number of anilines is 1. The summed E-state index contributed by atoms with van der Waals surface area (Å²) in [6, 6.07) is 0. The summed E-state index contributed by atoms with van der Waals surface area (Å²) in [4.78, 5) is 24.7. The van der Waals surface area contributed by atoms with Crippen molar-refractivity contribution in [1.82, 2.24) is 0 Å². The van der Waals surface area contributed by atoms with Gasteiger partial charge in [0, 0.05) is 11.3 Å². The molecule has 2 amide bonds. The minimum Gasteiger partial charge on any atom is -0.365 e. The van der Waals surface area contributed by atoms with Crippen LogP contribution in [0.4, 0.5) is 5.00 Å². The zero-order valence-electron chi connectivity index (χ0n) is 13.9. The van der Waals surface area contributed by atoms with Crippen molar-refractivity contribution in [3.63, 3.8) is 0 Å². The highest BCUT2D eigenvalue weighted by Crippen LogP contribution is 2.45. The van der Waals surface area contributed by atoms with Crippen molar-refractivity contribution >= 4 is 28.2 Å². The van der Waals surface area contributed by atoms with Crippen LogP contribution < -0.4 is 11.1 Å². The second kappa shape index (κ2) is 6.41. The van der Waals surface area contributed by atoms with Gasteiger partial charge in [-0.15, -0.1) is 11.3 Å². The number of amides is 2. The van der Waals surface area contributed by atoms with Gasteiger partial charge in [-0.25, -0.2) is 0 Å². The predicted octanol–water partition coefficient (Wildman–Crippen LogP) is 3.74. The van der Waals surface area contributed by atoms with Crippen LogP contribution in [0.2, 0.25) is 0 Å². The topological polar surface area (TPSA) is 72.2 Å². The van der Waals surface area contributed by atoms with Crippen molar-refractivity contribution in [3.05, 3.63) is 16.0 Å². The monoisotopic (exact) mass is 322 g/mol. The maximum Gasteiger partial charge on any atom is 0.251 e. The fourth-order valence-electron chi connectivity index (χ4n) is 3.11. The van der Waals surface area contributed by atoms with Crippen LogP contribution in [-0.4, -0.2) is 11.8 Å². The summed E-state index contributed by atoms with van der Waals surface area (Å²) >= 11 is 1.53. The van der Waals surface area contributed by atoms with Crippen LogP contribution in [0.15, 0.2) is 0 Å². The molecule has 0 bridgehead atoms. The molecule has 1 aromatic rings. The lowest BCUT2D eigenvalue weighted by molar-refractivity contribution is -0.115. The van der Waals surface area contributed by atoms with Crippen LogP contribution in [0, 0.1) is 11.3 Å². The number of carbonyl (C=O) groups excluding carboxylic acids is 2. The summed E-state index contributed by atoms with van der Waals surface area (Å²) in [6.07, 6.45) is 4.46. The number of hydrogen-bond acceptors (Lipinski definition) is 3. The molecule has 1 aliphatic carbocycles. The number of hydrogen-bond donors (Lipinski definition) is 2. The summed E-state index contributed by atoms with van der Waals surface area (Å²) in [5.41, 5.74) is 7.46. The highest BCUT2D eigenvalue weighted by molar-refractivity contribution is 7.17. The Morgan fingerprint density at radius 2 is 2.05 bits per heavy atom. The molecule has 0 aliphatic heterocycles. The highest BCUT2D eigenvalue weighted by atomic mass is 32.1. The molecule has 0 aromatic carbocycles. The second-order valence-corrected chi connectivity index (χ2v) is 7.86. The summed E-state index contributed by atoms with van der Waals surface area (Å²) in [5, 5.41) is 3.48. The molecule has 0 saturated heterocycles. The Kier molecular flexibility index (Phi) is 4.95. The van der Waals surface area contributed by atoms with E-state index in [1.165, 1.54) is 16.2 Å². The van der Waals surface area contributed by atoms with E-state index in [2.05, 4.69) is 26.1 Å². The Bertz CT molecular complexity index is 590. The summed E-state index contributed by atoms with van der Waals surface area (Å²) < 4.78 is 0. The Balaban J connectivity index is 2.35. The average Bonchev–Trinajstić information content (AvgIpc) is 2.83. The lowest BCUT2D eigenvalue weighted by Crippen LogP contribution is -2.29. The Hall–Kier alpha value is -1.36. The van der Waals surface area contributed by atoms with Gasteiger partial charge in [-0.05, 0) is 36.2 Å². The van der Waals surface area contributed by atoms with E-state index in [9.17, 15) is 9.59 Å². The second-order valence-electron chi connectivity index (χ2n) is 6.76. The fraction of sp³-hybridized carbons (Fsp3) is 0.647. The first-order chi connectivity index (χ1) is 10.3. The number of rotatable bonds is 5. The van der Waals surface area contributed by atoms with E-state index in [0.29, 0.717) is 28.3 Å². The van der Waals surface area contributed by atoms with Crippen molar-refractivity contribution in [2.24, 2.45) is 17.1 Å². The summed E-state index contributed by atoms with van der Waals surface area (Å²) in [6.45, 7) is 8.65. The molecule has 1 aromatic heterocycles. The van der Waals surface area contributed by atoms with E-state index in [4.69, 9.17) is 5.73 Å². The van der Waals surface area contributed by atoms with Gasteiger partial charge in [-0.3, -0.25) is 9.59 Å². The van der Waals surface area contributed by atoms with Crippen LogP contribution in [0.5, 0.6) is 0 Å². The largest absolute Gasteiger partial charge is 0.365 e. The van der Waals surface area contributed by atoms with Crippen LogP contribution in [-0.2, 0) is 17.6 Å². The third-order valence-electron chi connectivity index (χ3n) is 5.10. The molecule has 1 aliphatic rings. The van der Waals surface area contributed by atoms with Crippen molar-refractivity contribution in [2.75, 3.05) is 5.32 Å². The van der Waals surface area contributed by atoms with Gasteiger partial charge in [0.25, 0.3) is 5.91 Å². The van der Waals surface area contributed by atoms with E-state index in [1.807, 2.05) is 0 Å². The Morgan fingerprint density at radius 3 is 2.59 bits per heavy atom. The minimum atomic E-state index is -0.433. The quantitative estimate of drug-likeness (QED) is 0.867. The van der Waals surface area contributed by atoms with E-state index in [-0.39, 0.29) is 5.91 Å². The molecular formula is C17H26N2O2S. The van der Waals surface area contributed by atoms with E-state index >= 15 is 0 Å². The van der Waals surface area contributed by atoms with Crippen LogP contribution in [0.25, 0.3) is 0 Å². The van der Waals surface area contributed by atoms with E-state index in [1.54, 1.807) is 6.92 Å². The van der Waals surface area contributed by atoms with Crippen molar-refractivity contribution in [2.45, 2.75) is 59.8 Å². The number of fused-ring (bicyclic) bond motifs is 1. The molecule has 1 unspecified atom stereocenters. The first-order valence-corrected chi connectivity index (χ1v) is 8.86. The molecule has 0 fully saturated rings. The maximum atomic E-state index is 11.8. The lowest BCUT2D eigenvalue weighted by atomic mass is 9.69. The van der Waals surface area contributed by atoms with Crippen LogP contribution >= 0.6 is 11.3 Å². The Labute approximate surface area is 136 Å². The van der Waals surface area contributed by atoms with Gasteiger partial charge in [-0.2, -0.15) is 0 Å². The molecule has 0 spiro atoms. The SMILES string of the molecule is CCC(=O)Nc1sc2c(c1C(N)=O)CCC(C(C)(C)CC)C2. The van der Waals surface area contributed by atoms with Gasteiger partial charge in [0.1, 0.15) is 5.00 Å². The normalized spacial score (nSPS) is 17.9. The van der Waals surface area contributed by atoms with Gasteiger partial charge < -0.3 is 11.1 Å². The molecule has 1 heterocycles. The highest BCUT2D eigenvalue weighted by Gasteiger charge is 2.34. The lowest BCUT2D eigenvalue weighted by Gasteiger charge is -2.36. The van der Waals surface area contributed by atoms with Crippen molar-refractivity contribution < 1.29 is 9.59 Å². The van der Waals surface area contributed by atoms with Crippen molar-refractivity contribution in [1.29, 1.82) is 0 Å². The van der Waals surface area contributed by atoms with Gasteiger partial charge >= 0.3 is 0 Å². The van der Waals surface area contributed by atoms with Crippen LogP contribution in [0.1, 0.15) is 67.8 Å². The first-order valence-electron chi connectivity index (χ1n) is 8.04. The summed E-state index contributed by atoms with van der Waals surface area (Å²) in [5.74, 6) is 0.0998. The molecule has 2 rings (SSSR count). The standard InChI is InChI=1S/C17H26N2O2S/c1-5-13(20)19-16-14(15(18)21)11-8-7-10(9-12(11)22-16)17(3,4)6-2/h10H,5-9H2,1-4H3,(H2,18,21)(H,19,20). The number of carbonyl (C=O) groups is 2. The van der Waals surface area contributed by atoms with Gasteiger partial charge in [0.15, 0.2) is 0 Å². The number of thiophene rings is 1. The maximum absolute atomic E-state index is 11.8. The molecule has 122 valence electrons. The third-order valence-corrected chi connectivity index (χ3v) is 6.27. The molecule has 1 atom stereocenters. The van der Waals surface area contributed by atoms with Gasteiger partial charge in [0.2, 0.25) is 5.91 Å². The molecule has 0 saturated carbocycles. The molecule has 5 heteroatoms. The van der Waals surface area contributed by atoms with Crippen molar-refractivity contribution in [3.8, 4) is 0 Å². The van der Waals surface area contributed by atoms with Gasteiger partial charge in [-0.1, -0.05) is 34.1 Å². The minimum absolute atomic E-state index is 0.0773. The van der Waals surface area contributed by atoms with Crippen LogP contribution in [0.3, 0.4) is 0 Å². The zero-order valence-corrected chi connectivity index (χ0v) is 14.7. The molecular weight excluding hydrogens is 296 g/mol. The smallest absolute Gasteiger partial charge is 0.251 e. The number of nitrogens with two attached hydrogens (primary N) is 1. The zero-order chi connectivity index (χ0) is 16.5. The number of primary amides is 1.